The van der Waals surface area contributed by atoms with Gasteiger partial charge >= 0.3 is 0 Å². The Morgan fingerprint density at radius 3 is 2.29 bits per heavy atom. The van der Waals surface area contributed by atoms with Crippen molar-refractivity contribution in [1.29, 1.82) is 0 Å². The molecule has 1 unspecified atom stereocenters. The van der Waals surface area contributed by atoms with Crippen LogP contribution in [0.2, 0.25) is 0 Å². The minimum absolute atomic E-state index is 0.0166. The Hall–Kier alpha value is -1.83. The summed E-state index contributed by atoms with van der Waals surface area (Å²) in [4.78, 5) is 13.8. The van der Waals surface area contributed by atoms with Crippen LogP contribution in [0, 0.1) is 0 Å². The molecule has 168 valence electrons. The quantitative estimate of drug-likeness (QED) is 0.526. The van der Waals surface area contributed by atoms with Gasteiger partial charge in [0.05, 0.1) is 10.9 Å². The Morgan fingerprint density at radius 2 is 1.68 bits per heavy atom. The molecule has 1 atom stereocenters. The molecule has 3 rings (SSSR count). The van der Waals surface area contributed by atoms with Gasteiger partial charge < -0.3 is 5.32 Å². The molecule has 0 radical (unpaired) electrons. The van der Waals surface area contributed by atoms with E-state index in [1.807, 2.05) is 25.3 Å². The van der Waals surface area contributed by atoms with E-state index in [-0.39, 0.29) is 22.9 Å². The molecule has 0 bridgehead atoms. The van der Waals surface area contributed by atoms with E-state index in [0.717, 1.165) is 36.8 Å². The Morgan fingerprint density at radius 1 is 1.03 bits per heavy atom. The van der Waals surface area contributed by atoms with Gasteiger partial charge in [-0.3, -0.25) is 4.79 Å². The van der Waals surface area contributed by atoms with Crippen molar-refractivity contribution in [1.82, 2.24) is 10.0 Å². The lowest BCUT2D eigenvalue weighted by molar-refractivity contribution is -0.121. The lowest BCUT2D eigenvalue weighted by Crippen LogP contribution is -2.36. The summed E-state index contributed by atoms with van der Waals surface area (Å²) < 4.78 is 28.0. The maximum absolute atomic E-state index is 12.6. The molecule has 2 aromatic rings. The number of amides is 1. The molecule has 1 aliphatic carbocycles. The van der Waals surface area contributed by atoms with Crippen molar-refractivity contribution in [2.24, 2.45) is 0 Å². The van der Waals surface area contributed by atoms with E-state index in [4.69, 9.17) is 0 Å². The Labute approximate surface area is 190 Å². The van der Waals surface area contributed by atoms with Crippen LogP contribution in [0.25, 0.3) is 0 Å². The van der Waals surface area contributed by atoms with Gasteiger partial charge in [0.25, 0.3) is 0 Å². The highest BCUT2D eigenvalue weighted by atomic mass is 32.2. The fourth-order valence-electron chi connectivity index (χ4n) is 3.89. The molecule has 1 amide bonds. The summed E-state index contributed by atoms with van der Waals surface area (Å²) >= 11 is 1.69. The largest absolute Gasteiger partial charge is 0.350 e. The van der Waals surface area contributed by atoms with Gasteiger partial charge in [-0.1, -0.05) is 43.5 Å². The summed E-state index contributed by atoms with van der Waals surface area (Å²) in [5.41, 5.74) is 2.02. The van der Waals surface area contributed by atoms with E-state index >= 15 is 0 Å². The molecule has 1 aliphatic rings. The molecule has 0 spiro atoms. The van der Waals surface area contributed by atoms with E-state index in [2.05, 4.69) is 22.2 Å². The van der Waals surface area contributed by atoms with Crippen molar-refractivity contribution >= 4 is 27.7 Å². The normalized spacial score (nSPS) is 16.1. The first kappa shape index (κ1) is 23.8. The molecule has 7 heteroatoms. The second kappa shape index (κ2) is 11.2. The Bertz CT molecular complexity index is 951. The molecule has 2 N–H and O–H groups in total. The van der Waals surface area contributed by atoms with E-state index in [1.165, 1.54) is 11.3 Å². The van der Waals surface area contributed by atoms with E-state index in [9.17, 15) is 13.2 Å². The highest BCUT2D eigenvalue weighted by Gasteiger charge is 2.21. The van der Waals surface area contributed by atoms with Crippen LogP contribution in [0.4, 0.5) is 0 Å². The van der Waals surface area contributed by atoms with Crippen molar-refractivity contribution in [2.45, 2.75) is 73.7 Å². The van der Waals surface area contributed by atoms with Crippen LogP contribution in [0.1, 0.15) is 62.6 Å². The lowest BCUT2D eigenvalue weighted by Gasteiger charge is -2.22. The number of sulfonamides is 1. The summed E-state index contributed by atoms with van der Waals surface area (Å²) in [5.74, 6) is -0.0166. The Kier molecular flexibility index (Phi) is 8.58. The fourth-order valence-corrected chi connectivity index (χ4v) is 5.60. The molecule has 2 aromatic carbocycles. The van der Waals surface area contributed by atoms with Crippen LogP contribution in [0.5, 0.6) is 0 Å². The van der Waals surface area contributed by atoms with Gasteiger partial charge in [0.1, 0.15) is 0 Å². The van der Waals surface area contributed by atoms with E-state index in [0.29, 0.717) is 12.8 Å². The minimum atomic E-state index is -3.49. The summed E-state index contributed by atoms with van der Waals surface area (Å²) in [6.45, 7) is 1.98. The topological polar surface area (TPSA) is 75.3 Å². The molecule has 0 heterocycles. The second-order valence-electron chi connectivity index (χ2n) is 8.16. The monoisotopic (exact) mass is 460 g/mol. The number of hydrogen-bond acceptors (Lipinski definition) is 4. The number of thioether (sulfide) groups is 1. The average Bonchev–Trinajstić information content (AvgIpc) is 2.78. The summed E-state index contributed by atoms with van der Waals surface area (Å²) in [5, 5.41) is 3.03. The molecule has 5 nitrogen and oxygen atoms in total. The molecule has 0 saturated heterocycles. The van der Waals surface area contributed by atoms with Crippen molar-refractivity contribution < 1.29 is 13.2 Å². The highest BCUT2D eigenvalue weighted by Crippen LogP contribution is 2.21. The first-order chi connectivity index (χ1) is 14.9. The van der Waals surface area contributed by atoms with Crippen LogP contribution in [-0.4, -0.2) is 26.6 Å². The molecule has 1 fully saturated rings. The summed E-state index contributed by atoms with van der Waals surface area (Å²) in [6, 6.07) is 15.0. The van der Waals surface area contributed by atoms with Gasteiger partial charge in [0.15, 0.2) is 0 Å². The summed E-state index contributed by atoms with van der Waals surface area (Å²) in [7, 11) is -3.49. The molecule has 0 aliphatic heterocycles. The molecule has 31 heavy (non-hydrogen) atoms. The van der Waals surface area contributed by atoms with Crippen LogP contribution in [-0.2, 0) is 21.2 Å². The zero-order valence-corrected chi connectivity index (χ0v) is 19.9. The van der Waals surface area contributed by atoms with Crippen LogP contribution < -0.4 is 10.0 Å². The number of aryl methyl sites for hydroxylation is 1. The number of hydrogen-bond donors (Lipinski definition) is 2. The Balaban J connectivity index is 1.49. The number of benzene rings is 2. The van der Waals surface area contributed by atoms with Crippen molar-refractivity contribution in [3.8, 4) is 0 Å². The molecule has 1 saturated carbocycles. The second-order valence-corrected chi connectivity index (χ2v) is 10.8. The molecule has 0 aromatic heterocycles. The predicted molar refractivity (Wildman–Crippen MR) is 127 cm³/mol. The SMILES string of the molecule is CSc1ccc(C(C)NC(=O)CCc2ccc(S(=O)(=O)NC3CCCCC3)cc2)cc1. The summed E-state index contributed by atoms with van der Waals surface area (Å²) in [6.07, 6.45) is 8.13. The smallest absolute Gasteiger partial charge is 0.240 e. The third-order valence-corrected chi connectivity index (χ3v) is 8.07. The van der Waals surface area contributed by atoms with Gasteiger partial charge in [-0.15, -0.1) is 11.8 Å². The van der Waals surface area contributed by atoms with Crippen molar-refractivity contribution in [2.75, 3.05) is 6.26 Å². The minimum Gasteiger partial charge on any atom is -0.350 e. The van der Waals surface area contributed by atoms with Gasteiger partial charge in [-0.05, 0) is 67.8 Å². The van der Waals surface area contributed by atoms with Crippen LogP contribution in [0.3, 0.4) is 0 Å². The van der Waals surface area contributed by atoms with Crippen molar-refractivity contribution in [3.05, 3.63) is 59.7 Å². The van der Waals surface area contributed by atoms with Crippen LogP contribution in [0.15, 0.2) is 58.3 Å². The van der Waals surface area contributed by atoms with E-state index in [1.54, 1.807) is 36.0 Å². The third-order valence-electron chi connectivity index (χ3n) is 5.79. The standard InChI is InChI=1S/C24H32N2O3S2/c1-18(20-11-13-22(30-2)14-12-20)25-24(27)17-10-19-8-15-23(16-9-19)31(28,29)26-21-6-4-3-5-7-21/h8-9,11-16,18,21,26H,3-7,10,17H2,1-2H3,(H,25,27). The first-order valence-electron chi connectivity index (χ1n) is 10.9. The van der Waals surface area contributed by atoms with E-state index < -0.39 is 10.0 Å². The first-order valence-corrected chi connectivity index (χ1v) is 13.6. The molecular formula is C24H32N2O3S2. The number of nitrogens with one attached hydrogen (secondary N) is 2. The maximum atomic E-state index is 12.6. The highest BCUT2D eigenvalue weighted by molar-refractivity contribution is 7.98. The third kappa shape index (κ3) is 7.09. The van der Waals surface area contributed by atoms with Crippen LogP contribution >= 0.6 is 11.8 Å². The molecular weight excluding hydrogens is 428 g/mol. The zero-order valence-electron chi connectivity index (χ0n) is 18.3. The fraction of sp³-hybridized carbons (Fsp3) is 0.458. The average molecular weight is 461 g/mol. The predicted octanol–water partition coefficient (Wildman–Crippen LogP) is 4.83. The number of carbonyl (C=O) groups excluding carboxylic acids is 1. The number of carbonyl (C=O) groups is 1. The van der Waals surface area contributed by atoms with Crippen molar-refractivity contribution in [3.63, 3.8) is 0 Å². The van der Waals surface area contributed by atoms with Gasteiger partial charge in [0.2, 0.25) is 15.9 Å². The maximum Gasteiger partial charge on any atom is 0.240 e. The zero-order chi connectivity index (χ0) is 22.3. The van der Waals surface area contributed by atoms with Gasteiger partial charge in [-0.2, -0.15) is 0 Å². The number of rotatable bonds is 9. The van der Waals surface area contributed by atoms with Gasteiger partial charge in [-0.25, -0.2) is 13.1 Å². The van der Waals surface area contributed by atoms with Gasteiger partial charge in [0, 0.05) is 17.4 Å². The lowest BCUT2D eigenvalue weighted by atomic mass is 9.96.